The summed E-state index contributed by atoms with van der Waals surface area (Å²) in [5.74, 6) is -1.17. The Bertz CT molecular complexity index is 696. The number of ether oxygens (including phenoxy) is 2. The molecule has 2 saturated heterocycles. The Morgan fingerprint density at radius 1 is 1.04 bits per heavy atom. The summed E-state index contributed by atoms with van der Waals surface area (Å²) in [4.78, 5) is 27.5. The minimum atomic E-state index is -0.665. The summed E-state index contributed by atoms with van der Waals surface area (Å²) < 4.78 is 11.9. The van der Waals surface area contributed by atoms with Crippen molar-refractivity contribution in [3.8, 4) is 0 Å². The number of anilines is 1. The number of rotatable bonds is 1. The van der Waals surface area contributed by atoms with Gasteiger partial charge in [-0.05, 0) is 24.5 Å². The summed E-state index contributed by atoms with van der Waals surface area (Å²) in [6, 6.07) is 9.23. The van der Waals surface area contributed by atoms with E-state index in [-0.39, 0.29) is 29.6 Å². The van der Waals surface area contributed by atoms with Crippen LogP contribution in [-0.2, 0) is 19.1 Å². The van der Waals surface area contributed by atoms with Crippen molar-refractivity contribution in [1.29, 1.82) is 0 Å². The third kappa shape index (κ3) is 1.45. The Kier molecular flexibility index (Phi) is 2.51. The van der Waals surface area contributed by atoms with Gasteiger partial charge in [0, 0.05) is 11.8 Å². The molecular weight excluding hydrogens is 294 g/mol. The summed E-state index contributed by atoms with van der Waals surface area (Å²) in [5, 5.41) is 0. The third-order valence-corrected chi connectivity index (χ3v) is 6.40. The number of carbonyl (C=O) groups excluding carboxylic acids is 2. The van der Waals surface area contributed by atoms with E-state index in [0.29, 0.717) is 18.9 Å². The summed E-state index contributed by atoms with van der Waals surface area (Å²) in [5.41, 5.74) is 0.261. The van der Waals surface area contributed by atoms with Crippen LogP contribution in [0, 0.1) is 23.2 Å². The van der Waals surface area contributed by atoms with Gasteiger partial charge in [0.25, 0.3) is 0 Å². The van der Waals surface area contributed by atoms with Crippen LogP contribution in [0.5, 0.6) is 0 Å². The zero-order valence-electron chi connectivity index (χ0n) is 13.0. The van der Waals surface area contributed by atoms with E-state index < -0.39 is 11.2 Å². The lowest BCUT2D eigenvalue weighted by atomic mass is 9.68. The topological polar surface area (TPSA) is 55.8 Å². The van der Waals surface area contributed by atoms with Crippen molar-refractivity contribution in [3.05, 3.63) is 30.3 Å². The van der Waals surface area contributed by atoms with Crippen LogP contribution in [0.1, 0.15) is 19.8 Å². The maximum absolute atomic E-state index is 13.1. The second-order valence-electron chi connectivity index (χ2n) is 7.39. The molecule has 0 unspecified atom stereocenters. The monoisotopic (exact) mass is 313 g/mol. The average molecular weight is 313 g/mol. The van der Waals surface area contributed by atoms with Gasteiger partial charge in [0.05, 0.1) is 30.7 Å². The molecule has 0 radical (unpaired) electrons. The van der Waals surface area contributed by atoms with E-state index in [4.69, 9.17) is 9.47 Å². The van der Waals surface area contributed by atoms with Crippen LogP contribution in [0.25, 0.3) is 0 Å². The second-order valence-corrected chi connectivity index (χ2v) is 7.39. The van der Waals surface area contributed by atoms with Crippen molar-refractivity contribution < 1.29 is 19.1 Å². The Hall–Kier alpha value is -1.72. The van der Waals surface area contributed by atoms with Crippen LogP contribution < -0.4 is 4.90 Å². The second kappa shape index (κ2) is 4.22. The highest BCUT2D eigenvalue weighted by atomic mass is 16.7. The van der Waals surface area contributed by atoms with Crippen molar-refractivity contribution in [2.24, 2.45) is 23.2 Å². The first-order chi connectivity index (χ1) is 11.1. The van der Waals surface area contributed by atoms with Gasteiger partial charge in [0.15, 0.2) is 5.79 Å². The predicted molar refractivity (Wildman–Crippen MR) is 81.4 cm³/mol. The fourth-order valence-corrected chi connectivity index (χ4v) is 5.54. The first-order valence-electron chi connectivity index (χ1n) is 8.28. The Labute approximate surface area is 134 Å². The number of imide groups is 1. The molecule has 1 aromatic rings. The molecule has 5 nitrogen and oxygen atoms in total. The van der Waals surface area contributed by atoms with Gasteiger partial charge in [0.2, 0.25) is 11.8 Å². The molecule has 1 aromatic carbocycles. The molecule has 2 heterocycles. The first-order valence-corrected chi connectivity index (χ1v) is 8.28. The number of hydrogen-bond donors (Lipinski definition) is 0. The van der Waals surface area contributed by atoms with Crippen molar-refractivity contribution >= 4 is 17.5 Å². The molecular formula is C18H19NO4. The Balaban J connectivity index is 1.58. The molecule has 4 fully saturated rings. The summed E-state index contributed by atoms with van der Waals surface area (Å²) in [7, 11) is 0. The van der Waals surface area contributed by atoms with E-state index in [0.717, 1.165) is 12.8 Å². The zero-order valence-corrected chi connectivity index (χ0v) is 13.0. The Morgan fingerprint density at radius 3 is 2.43 bits per heavy atom. The maximum Gasteiger partial charge on any atom is 0.238 e. The van der Waals surface area contributed by atoms with Crippen molar-refractivity contribution in [2.75, 3.05) is 18.1 Å². The SMILES string of the molecule is C[C@]12C[C@H](CC13OCCO3)[C@@H]1C(=O)N(c3ccccc3)C(=O)[C@H]12. The quantitative estimate of drug-likeness (QED) is 0.744. The lowest BCUT2D eigenvalue weighted by Crippen LogP contribution is -2.52. The number of benzene rings is 1. The normalized spacial score (nSPS) is 40.4. The lowest BCUT2D eigenvalue weighted by molar-refractivity contribution is -0.240. The number of para-hydroxylation sites is 1. The van der Waals surface area contributed by atoms with Gasteiger partial charge in [0.1, 0.15) is 0 Å². The minimum Gasteiger partial charge on any atom is -0.347 e. The first kappa shape index (κ1) is 13.7. The minimum absolute atomic E-state index is 0.0484. The molecule has 23 heavy (non-hydrogen) atoms. The zero-order chi connectivity index (χ0) is 15.8. The number of nitrogens with zero attached hydrogens (tertiary/aromatic N) is 1. The lowest BCUT2D eigenvalue weighted by Gasteiger charge is -2.43. The van der Waals surface area contributed by atoms with E-state index in [1.807, 2.05) is 30.3 Å². The van der Waals surface area contributed by atoms with Crippen LogP contribution in [0.3, 0.4) is 0 Å². The van der Waals surface area contributed by atoms with E-state index in [1.165, 1.54) is 4.90 Å². The number of fused-ring (bicyclic) bond motifs is 6. The highest BCUT2D eigenvalue weighted by molar-refractivity contribution is 6.22. The van der Waals surface area contributed by atoms with Crippen molar-refractivity contribution in [2.45, 2.75) is 25.6 Å². The van der Waals surface area contributed by atoms with Gasteiger partial charge < -0.3 is 9.47 Å². The molecule has 0 N–H and O–H groups in total. The average Bonchev–Trinajstić information content (AvgIpc) is 3.25. The Morgan fingerprint density at radius 2 is 1.74 bits per heavy atom. The smallest absolute Gasteiger partial charge is 0.238 e. The van der Waals surface area contributed by atoms with E-state index >= 15 is 0 Å². The van der Waals surface area contributed by atoms with E-state index in [9.17, 15) is 9.59 Å². The summed E-state index contributed by atoms with van der Waals surface area (Å²) in [6.45, 7) is 3.22. The van der Waals surface area contributed by atoms with Gasteiger partial charge in [-0.15, -0.1) is 0 Å². The van der Waals surface area contributed by atoms with Crippen LogP contribution in [0.15, 0.2) is 30.3 Å². The van der Waals surface area contributed by atoms with Crippen LogP contribution in [0.4, 0.5) is 5.69 Å². The molecule has 2 aliphatic carbocycles. The van der Waals surface area contributed by atoms with E-state index in [1.54, 1.807) is 0 Å². The van der Waals surface area contributed by atoms with Crippen molar-refractivity contribution in [3.63, 3.8) is 0 Å². The maximum atomic E-state index is 13.1. The third-order valence-electron chi connectivity index (χ3n) is 6.40. The molecule has 2 amide bonds. The van der Waals surface area contributed by atoms with Crippen LogP contribution in [-0.4, -0.2) is 30.8 Å². The fraction of sp³-hybridized carbons (Fsp3) is 0.556. The molecule has 0 aromatic heterocycles. The molecule has 4 aliphatic rings. The molecule has 2 bridgehead atoms. The molecule has 120 valence electrons. The summed E-state index contributed by atoms with van der Waals surface area (Å²) in [6.07, 6.45) is 1.56. The molecule has 5 heteroatoms. The van der Waals surface area contributed by atoms with Gasteiger partial charge in [-0.3, -0.25) is 14.5 Å². The van der Waals surface area contributed by atoms with Gasteiger partial charge >= 0.3 is 0 Å². The van der Waals surface area contributed by atoms with Gasteiger partial charge in [-0.25, -0.2) is 0 Å². The van der Waals surface area contributed by atoms with Gasteiger partial charge in [-0.1, -0.05) is 25.1 Å². The van der Waals surface area contributed by atoms with Gasteiger partial charge in [-0.2, -0.15) is 0 Å². The van der Waals surface area contributed by atoms with E-state index in [2.05, 4.69) is 6.92 Å². The highest BCUT2D eigenvalue weighted by Gasteiger charge is 2.76. The largest absolute Gasteiger partial charge is 0.347 e. The van der Waals surface area contributed by atoms with Crippen LogP contribution >= 0.6 is 0 Å². The number of amides is 2. The number of carbonyl (C=O) groups is 2. The molecule has 1 spiro atoms. The van der Waals surface area contributed by atoms with Crippen LogP contribution in [0.2, 0.25) is 0 Å². The fourth-order valence-electron chi connectivity index (χ4n) is 5.54. The predicted octanol–water partition coefficient (Wildman–Crippen LogP) is 1.97. The molecule has 2 aliphatic heterocycles. The highest BCUT2D eigenvalue weighted by Crippen LogP contribution is 2.69. The molecule has 5 rings (SSSR count). The number of hydrogen-bond acceptors (Lipinski definition) is 4. The molecule has 4 atom stereocenters. The summed E-state index contributed by atoms with van der Waals surface area (Å²) >= 11 is 0. The molecule has 2 saturated carbocycles. The standard InChI is InChI=1S/C18H19NO4/c1-17-9-11(10-18(17)22-7-8-23-18)13-14(17)16(21)19(15(13)20)12-5-3-2-4-6-12/h2-6,11,13-14H,7-10H2,1H3/t11-,13+,14+,17-/m1/s1. The van der Waals surface area contributed by atoms with Crippen molar-refractivity contribution in [1.82, 2.24) is 0 Å².